The minimum atomic E-state index is -0.0317. The van der Waals surface area contributed by atoms with Gasteiger partial charge in [0.1, 0.15) is 0 Å². The van der Waals surface area contributed by atoms with Gasteiger partial charge in [0.05, 0.1) is 0 Å². The minimum Gasteiger partial charge on any atom is -0.282 e. The van der Waals surface area contributed by atoms with E-state index in [4.69, 9.17) is 0 Å². The Kier molecular flexibility index (Phi) is 3.11. The largest absolute Gasteiger partial charge is 0.282 e. The molecule has 0 spiro atoms. The van der Waals surface area contributed by atoms with E-state index in [1.807, 2.05) is 6.07 Å². The number of nitrogens with zero attached hydrogens (tertiary/aromatic N) is 2. The van der Waals surface area contributed by atoms with Crippen LogP contribution in [0.4, 0.5) is 0 Å². The van der Waals surface area contributed by atoms with Crippen molar-refractivity contribution in [2.24, 2.45) is 0 Å². The van der Waals surface area contributed by atoms with E-state index < -0.39 is 0 Å². The number of carbonyl (C=O) groups is 2. The molecule has 80 valence electrons. The lowest BCUT2D eigenvalue weighted by Gasteiger charge is -2.24. The van der Waals surface area contributed by atoms with Crippen LogP contribution in [0.2, 0.25) is 0 Å². The summed E-state index contributed by atoms with van der Waals surface area (Å²) in [4.78, 5) is 25.4. The quantitative estimate of drug-likeness (QED) is 0.725. The molecule has 5 heteroatoms. The predicted molar refractivity (Wildman–Crippen MR) is 56.4 cm³/mol. The van der Waals surface area contributed by atoms with Crippen molar-refractivity contribution in [1.29, 1.82) is 0 Å². The third-order valence-corrected chi connectivity index (χ3v) is 3.26. The van der Waals surface area contributed by atoms with E-state index in [2.05, 4.69) is 4.37 Å². The summed E-state index contributed by atoms with van der Waals surface area (Å²) in [6, 6.07) is 1.92. The van der Waals surface area contributed by atoms with Crippen LogP contribution in [0.25, 0.3) is 0 Å². The number of carbonyl (C=O) groups excluding carboxylic acids is 2. The molecular weight excluding hydrogens is 212 g/mol. The van der Waals surface area contributed by atoms with Crippen LogP contribution in [-0.4, -0.2) is 27.6 Å². The normalized spacial score (nSPS) is 17.2. The summed E-state index contributed by atoms with van der Waals surface area (Å²) in [5.41, 5.74) is 0. The first-order valence-corrected chi connectivity index (χ1v) is 5.77. The summed E-state index contributed by atoms with van der Waals surface area (Å²) >= 11 is 1.41. The molecule has 0 saturated carbocycles. The zero-order valence-electron chi connectivity index (χ0n) is 8.31. The number of imide groups is 1. The maximum absolute atomic E-state index is 11.5. The molecule has 1 aromatic heterocycles. The maximum atomic E-state index is 11.5. The summed E-state index contributed by atoms with van der Waals surface area (Å²) in [6.45, 7) is 0.500. The van der Waals surface area contributed by atoms with E-state index in [-0.39, 0.29) is 11.8 Å². The first-order chi connectivity index (χ1) is 7.27. The molecule has 0 aliphatic carbocycles. The van der Waals surface area contributed by atoms with Gasteiger partial charge in [-0.1, -0.05) is 0 Å². The van der Waals surface area contributed by atoms with Crippen LogP contribution in [0, 0.1) is 0 Å². The zero-order valence-corrected chi connectivity index (χ0v) is 9.13. The van der Waals surface area contributed by atoms with Gasteiger partial charge in [-0.15, -0.1) is 0 Å². The molecule has 2 amide bonds. The number of aromatic nitrogens is 1. The van der Waals surface area contributed by atoms with Crippen molar-refractivity contribution in [2.45, 2.75) is 25.7 Å². The van der Waals surface area contributed by atoms with Crippen LogP contribution in [0.5, 0.6) is 0 Å². The lowest BCUT2D eigenvalue weighted by atomic mass is 10.1. The van der Waals surface area contributed by atoms with Crippen molar-refractivity contribution >= 4 is 23.3 Å². The van der Waals surface area contributed by atoms with Crippen molar-refractivity contribution in [3.05, 3.63) is 17.1 Å². The molecule has 0 radical (unpaired) electrons. The van der Waals surface area contributed by atoms with Gasteiger partial charge in [-0.3, -0.25) is 14.5 Å². The van der Waals surface area contributed by atoms with Crippen LogP contribution in [-0.2, 0) is 16.0 Å². The summed E-state index contributed by atoms with van der Waals surface area (Å²) in [6.07, 6.45) is 4.18. The van der Waals surface area contributed by atoms with Crippen LogP contribution < -0.4 is 0 Å². The van der Waals surface area contributed by atoms with Gasteiger partial charge in [-0.2, -0.15) is 0 Å². The van der Waals surface area contributed by atoms with Crippen LogP contribution in [0.1, 0.15) is 24.1 Å². The Hall–Kier alpha value is -1.23. The van der Waals surface area contributed by atoms with Gasteiger partial charge in [-0.25, -0.2) is 4.37 Å². The second kappa shape index (κ2) is 4.53. The molecule has 4 nitrogen and oxygen atoms in total. The molecule has 1 saturated heterocycles. The fraction of sp³-hybridized carbons (Fsp3) is 0.500. The van der Waals surface area contributed by atoms with E-state index in [0.717, 1.165) is 11.3 Å². The smallest absolute Gasteiger partial charge is 0.229 e. The van der Waals surface area contributed by atoms with Crippen LogP contribution in [0.3, 0.4) is 0 Å². The Morgan fingerprint density at radius 3 is 2.67 bits per heavy atom. The lowest BCUT2D eigenvalue weighted by molar-refractivity contribution is -0.147. The van der Waals surface area contributed by atoms with Gasteiger partial charge < -0.3 is 0 Å². The minimum absolute atomic E-state index is 0.0317. The third kappa shape index (κ3) is 2.41. The summed E-state index contributed by atoms with van der Waals surface area (Å²) in [7, 11) is 0. The monoisotopic (exact) mass is 224 g/mol. The standard InChI is InChI=1S/C10H12N2O2S/c13-9-2-1-3-10(14)12(9)7-5-8-4-6-11-15-8/h4,6H,1-3,5,7H2. The number of rotatable bonds is 3. The zero-order chi connectivity index (χ0) is 10.7. The van der Waals surface area contributed by atoms with Gasteiger partial charge in [0, 0.05) is 36.9 Å². The highest BCUT2D eigenvalue weighted by atomic mass is 32.1. The van der Waals surface area contributed by atoms with Crippen LogP contribution >= 0.6 is 11.5 Å². The Balaban J connectivity index is 1.92. The Morgan fingerprint density at radius 1 is 1.33 bits per heavy atom. The molecule has 1 aliphatic rings. The molecule has 0 N–H and O–H groups in total. The van der Waals surface area contributed by atoms with Gasteiger partial charge >= 0.3 is 0 Å². The lowest BCUT2D eigenvalue weighted by Crippen LogP contribution is -2.41. The highest BCUT2D eigenvalue weighted by Gasteiger charge is 2.25. The van der Waals surface area contributed by atoms with Gasteiger partial charge in [0.25, 0.3) is 0 Å². The summed E-state index contributed by atoms with van der Waals surface area (Å²) < 4.78 is 3.98. The number of hydrogen-bond acceptors (Lipinski definition) is 4. The molecular formula is C10H12N2O2S. The van der Waals surface area contributed by atoms with E-state index >= 15 is 0 Å². The fourth-order valence-corrected chi connectivity index (χ4v) is 2.20. The molecule has 0 bridgehead atoms. The molecule has 2 heterocycles. The second-order valence-corrected chi connectivity index (χ2v) is 4.44. The van der Waals surface area contributed by atoms with Crippen LogP contribution in [0.15, 0.2) is 12.3 Å². The van der Waals surface area contributed by atoms with Gasteiger partial charge in [0.15, 0.2) is 0 Å². The van der Waals surface area contributed by atoms with Crippen molar-refractivity contribution in [3.63, 3.8) is 0 Å². The van der Waals surface area contributed by atoms with E-state index in [1.54, 1.807) is 6.20 Å². The van der Waals surface area contributed by atoms with Crippen molar-refractivity contribution < 1.29 is 9.59 Å². The molecule has 0 atom stereocenters. The Morgan fingerprint density at radius 2 is 2.07 bits per heavy atom. The number of piperidine rings is 1. The molecule has 1 aliphatic heterocycles. The van der Waals surface area contributed by atoms with Gasteiger partial charge in [0.2, 0.25) is 11.8 Å². The first kappa shape index (κ1) is 10.3. The summed E-state index contributed by atoms with van der Waals surface area (Å²) in [5, 5.41) is 0. The molecule has 2 rings (SSSR count). The molecule has 1 aromatic rings. The topological polar surface area (TPSA) is 50.3 Å². The maximum Gasteiger partial charge on any atom is 0.229 e. The van der Waals surface area contributed by atoms with E-state index in [1.165, 1.54) is 16.4 Å². The third-order valence-electron chi connectivity index (χ3n) is 2.46. The number of amides is 2. The number of likely N-dealkylation sites (tertiary alicyclic amines) is 1. The molecule has 15 heavy (non-hydrogen) atoms. The van der Waals surface area contributed by atoms with Crippen molar-refractivity contribution in [1.82, 2.24) is 9.27 Å². The fourth-order valence-electron chi connectivity index (χ4n) is 1.64. The molecule has 1 fully saturated rings. The second-order valence-electron chi connectivity index (χ2n) is 3.52. The van der Waals surface area contributed by atoms with Gasteiger partial charge in [-0.05, 0) is 24.0 Å². The highest BCUT2D eigenvalue weighted by Crippen LogP contribution is 2.14. The first-order valence-electron chi connectivity index (χ1n) is 5.00. The Labute approximate surface area is 92.1 Å². The van der Waals surface area contributed by atoms with E-state index in [0.29, 0.717) is 25.8 Å². The number of hydrogen-bond donors (Lipinski definition) is 0. The average Bonchev–Trinajstić information content (AvgIpc) is 2.70. The summed E-state index contributed by atoms with van der Waals surface area (Å²) in [5.74, 6) is -0.0634. The van der Waals surface area contributed by atoms with Crippen molar-refractivity contribution in [2.75, 3.05) is 6.54 Å². The molecule has 0 unspecified atom stereocenters. The average molecular weight is 224 g/mol. The van der Waals surface area contributed by atoms with Crippen molar-refractivity contribution in [3.8, 4) is 0 Å². The highest BCUT2D eigenvalue weighted by molar-refractivity contribution is 7.05. The Bertz CT molecular complexity index is 346. The van der Waals surface area contributed by atoms with E-state index in [9.17, 15) is 9.59 Å². The predicted octanol–water partition coefficient (Wildman–Crippen LogP) is 1.22. The SMILES string of the molecule is O=C1CCCC(=O)N1CCc1ccns1. The molecule has 0 aromatic carbocycles.